The van der Waals surface area contributed by atoms with E-state index in [1.54, 1.807) is 0 Å². The highest BCUT2D eigenvalue weighted by Crippen LogP contribution is 2.29. The first-order valence-electron chi connectivity index (χ1n) is 10.5. The number of hydrogen-bond acceptors (Lipinski definition) is 2. The van der Waals surface area contributed by atoms with E-state index in [9.17, 15) is 9.59 Å². The van der Waals surface area contributed by atoms with Crippen LogP contribution in [0.25, 0.3) is 10.8 Å². The summed E-state index contributed by atoms with van der Waals surface area (Å²) in [6, 6.07) is 23.0. The average molecular weight is 427 g/mol. The Morgan fingerprint density at radius 3 is 1.47 bits per heavy atom. The number of carbonyl (C=O) groups is 2. The second-order valence-corrected chi connectivity index (χ2v) is 7.74. The van der Waals surface area contributed by atoms with E-state index in [2.05, 4.69) is 10.6 Å². The molecule has 0 radical (unpaired) electrons. The molecule has 0 aliphatic rings. The zero-order valence-corrected chi connectivity index (χ0v) is 18.2. The standard InChI is InChI=1S/C26H24N4O2/c1-19-9-3-5-15-29(19)17-25(31)27-23-13-7-12-22-21(23)11-8-14-24(22)28-26(32)18-30-16-6-4-10-20(30)2/h3-16H,17-18H2,1-2H3/p+2. The second-order valence-electron chi connectivity index (χ2n) is 7.74. The maximum Gasteiger partial charge on any atom is 0.290 e. The fraction of sp³-hybridized carbons (Fsp3) is 0.154. The monoisotopic (exact) mass is 426 g/mol. The molecule has 0 unspecified atom stereocenters. The Balaban J connectivity index is 1.53. The Bertz CT molecular complexity index is 1200. The van der Waals surface area contributed by atoms with Crippen LogP contribution in [-0.2, 0) is 22.7 Å². The maximum atomic E-state index is 12.7. The molecule has 160 valence electrons. The lowest BCUT2D eigenvalue weighted by atomic mass is 10.1. The molecule has 2 N–H and O–H groups in total. The van der Waals surface area contributed by atoms with Crippen LogP contribution in [0.4, 0.5) is 11.4 Å². The summed E-state index contributed by atoms with van der Waals surface area (Å²) >= 11 is 0. The molecule has 4 aromatic rings. The van der Waals surface area contributed by atoms with Gasteiger partial charge in [-0.15, -0.1) is 0 Å². The number of benzene rings is 2. The lowest BCUT2D eigenvalue weighted by Crippen LogP contribution is -2.42. The summed E-state index contributed by atoms with van der Waals surface area (Å²) in [6.07, 6.45) is 3.77. The van der Waals surface area contributed by atoms with E-state index in [0.29, 0.717) is 11.4 Å². The summed E-state index contributed by atoms with van der Waals surface area (Å²) in [6.45, 7) is 4.39. The Morgan fingerprint density at radius 2 is 1.06 bits per heavy atom. The topological polar surface area (TPSA) is 66.0 Å². The molecule has 0 saturated carbocycles. The molecule has 32 heavy (non-hydrogen) atoms. The van der Waals surface area contributed by atoms with Crippen LogP contribution in [0.3, 0.4) is 0 Å². The van der Waals surface area contributed by atoms with Crippen molar-refractivity contribution in [2.75, 3.05) is 10.6 Å². The first-order valence-corrected chi connectivity index (χ1v) is 10.5. The minimum Gasteiger partial charge on any atom is -0.320 e. The van der Waals surface area contributed by atoms with Gasteiger partial charge in [-0.3, -0.25) is 9.59 Å². The number of aromatic nitrogens is 2. The summed E-state index contributed by atoms with van der Waals surface area (Å²) in [5, 5.41) is 7.77. The van der Waals surface area contributed by atoms with Crippen LogP contribution in [0.15, 0.2) is 85.2 Å². The highest BCUT2D eigenvalue weighted by Gasteiger charge is 2.16. The van der Waals surface area contributed by atoms with Gasteiger partial charge in [0.15, 0.2) is 23.8 Å². The largest absolute Gasteiger partial charge is 0.320 e. The molecule has 2 aromatic heterocycles. The van der Waals surface area contributed by atoms with Crippen molar-refractivity contribution in [3.05, 3.63) is 96.6 Å². The summed E-state index contributed by atoms with van der Waals surface area (Å²) < 4.78 is 3.80. The summed E-state index contributed by atoms with van der Waals surface area (Å²) in [4.78, 5) is 25.3. The van der Waals surface area contributed by atoms with Crippen molar-refractivity contribution in [2.24, 2.45) is 0 Å². The van der Waals surface area contributed by atoms with Crippen molar-refractivity contribution >= 4 is 34.0 Å². The van der Waals surface area contributed by atoms with Gasteiger partial charge in [-0.25, -0.2) is 0 Å². The lowest BCUT2D eigenvalue weighted by molar-refractivity contribution is -0.690. The van der Waals surface area contributed by atoms with Crippen molar-refractivity contribution < 1.29 is 18.7 Å². The van der Waals surface area contributed by atoms with Crippen LogP contribution >= 0.6 is 0 Å². The minimum absolute atomic E-state index is 0.109. The number of anilines is 2. The molecule has 0 aliphatic carbocycles. The van der Waals surface area contributed by atoms with Gasteiger partial charge in [0.25, 0.3) is 11.8 Å². The van der Waals surface area contributed by atoms with Gasteiger partial charge in [-0.05, 0) is 12.1 Å². The number of fused-ring (bicyclic) bond motifs is 1. The Hall–Kier alpha value is -4.06. The van der Waals surface area contributed by atoms with E-state index in [4.69, 9.17) is 0 Å². The third kappa shape index (κ3) is 4.81. The molecule has 0 saturated heterocycles. The third-order valence-electron chi connectivity index (χ3n) is 5.43. The van der Waals surface area contributed by atoms with Crippen molar-refractivity contribution in [3.8, 4) is 0 Å². The van der Waals surface area contributed by atoms with Gasteiger partial charge >= 0.3 is 0 Å². The normalized spacial score (nSPS) is 10.7. The van der Waals surface area contributed by atoms with E-state index in [1.807, 2.05) is 108 Å². The van der Waals surface area contributed by atoms with Crippen LogP contribution in [0.1, 0.15) is 11.4 Å². The van der Waals surface area contributed by atoms with Gasteiger partial charge in [0.05, 0.1) is 0 Å². The molecule has 4 rings (SSSR count). The van der Waals surface area contributed by atoms with E-state index in [-0.39, 0.29) is 24.9 Å². The predicted octanol–water partition coefficient (Wildman–Crippen LogP) is 3.31. The van der Waals surface area contributed by atoms with Gasteiger partial charge < -0.3 is 10.6 Å². The average Bonchev–Trinajstić information content (AvgIpc) is 2.77. The van der Waals surface area contributed by atoms with Gasteiger partial charge in [0.2, 0.25) is 13.1 Å². The van der Waals surface area contributed by atoms with Gasteiger partial charge in [0, 0.05) is 60.3 Å². The molecule has 0 bridgehead atoms. The Kier molecular flexibility index (Phi) is 6.22. The van der Waals surface area contributed by atoms with Gasteiger partial charge in [0.1, 0.15) is 0 Å². The summed E-state index contributed by atoms with van der Waals surface area (Å²) in [5.41, 5.74) is 3.45. The Morgan fingerprint density at radius 1 is 0.625 bits per heavy atom. The van der Waals surface area contributed by atoms with Gasteiger partial charge in [-0.2, -0.15) is 9.13 Å². The molecule has 0 fully saturated rings. The van der Waals surface area contributed by atoms with Crippen molar-refractivity contribution in [3.63, 3.8) is 0 Å². The SMILES string of the molecule is Cc1cccc[n+]1CC(=O)Nc1cccc2c(NC(=O)C[n+]3ccccc3C)cccc12. The molecule has 6 heteroatoms. The van der Waals surface area contributed by atoms with Crippen LogP contribution < -0.4 is 19.8 Å². The number of nitrogens with zero attached hydrogens (tertiary/aromatic N) is 2. The zero-order valence-electron chi connectivity index (χ0n) is 18.2. The molecule has 2 amide bonds. The Labute approximate surface area is 187 Å². The fourth-order valence-electron chi connectivity index (χ4n) is 3.70. The summed E-state index contributed by atoms with van der Waals surface area (Å²) in [5.74, 6) is -0.218. The van der Waals surface area contributed by atoms with Crippen LogP contribution in [0.2, 0.25) is 0 Å². The van der Waals surface area contributed by atoms with Crippen molar-refractivity contribution in [2.45, 2.75) is 26.9 Å². The molecular weight excluding hydrogens is 400 g/mol. The number of aryl methyl sites for hydroxylation is 2. The predicted molar refractivity (Wildman–Crippen MR) is 124 cm³/mol. The molecule has 6 nitrogen and oxygen atoms in total. The second kappa shape index (κ2) is 9.39. The van der Waals surface area contributed by atoms with Gasteiger partial charge in [-0.1, -0.05) is 36.4 Å². The molecule has 2 aromatic carbocycles. The smallest absolute Gasteiger partial charge is 0.290 e. The number of nitrogens with one attached hydrogen (secondary N) is 2. The zero-order chi connectivity index (χ0) is 22.5. The molecule has 0 atom stereocenters. The first kappa shape index (κ1) is 21.2. The van der Waals surface area contributed by atoms with Crippen LogP contribution in [0, 0.1) is 13.8 Å². The maximum absolute atomic E-state index is 12.7. The lowest BCUT2D eigenvalue weighted by Gasteiger charge is -2.12. The first-order chi connectivity index (χ1) is 15.5. The highest BCUT2D eigenvalue weighted by atomic mass is 16.2. The van der Waals surface area contributed by atoms with E-state index in [0.717, 1.165) is 22.2 Å². The quantitative estimate of drug-likeness (QED) is 0.465. The number of amides is 2. The van der Waals surface area contributed by atoms with Crippen molar-refractivity contribution in [1.29, 1.82) is 0 Å². The molecule has 0 spiro atoms. The number of rotatable bonds is 6. The minimum atomic E-state index is -0.109. The highest BCUT2D eigenvalue weighted by molar-refractivity contribution is 6.08. The molecular formula is C26H26N4O2+2. The fourth-order valence-corrected chi connectivity index (χ4v) is 3.70. The van der Waals surface area contributed by atoms with Crippen LogP contribution in [0.5, 0.6) is 0 Å². The van der Waals surface area contributed by atoms with Crippen molar-refractivity contribution in [1.82, 2.24) is 0 Å². The van der Waals surface area contributed by atoms with E-state index < -0.39 is 0 Å². The molecule has 2 heterocycles. The van der Waals surface area contributed by atoms with Crippen LogP contribution in [-0.4, -0.2) is 11.8 Å². The number of carbonyl (C=O) groups excluding carboxylic acids is 2. The van der Waals surface area contributed by atoms with E-state index >= 15 is 0 Å². The number of hydrogen-bond donors (Lipinski definition) is 2. The number of pyridine rings is 2. The molecule has 0 aliphatic heterocycles. The third-order valence-corrected chi connectivity index (χ3v) is 5.43. The van der Waals surface area contributed by atoms with E-state index in [1.165, 1.54) is 0 Å². The summed E-state index contributed by atoms with van der Waals surface area (Å²) in [7, 11) is 0.